The van der Waals surface area contributed by atoms with E-state index in [-0.39, 0.29) is 23.7 Å². The number of ether oxygens (including phenoxy) is 1. The quantitative estimate of drug-likeness (QED) is 0.328. The number of esters is 1. The molecule has 0 aliphatic heterocycles. The number of hydrogen-bond acceptors (Lipinski definition) is 5. The third kappa shape index (κ3) is 6.60. The van der Waals surface area contributed by atoms with Crippen molar-refractivity contribution in [1.82, 2.24) is 4.31 Å². The predicted octanol–water partition coefficient (Wildman–Crippen LogP) is 4.39. The minimum atomic E-state index is -4.04. The fourth-order valence-electron chi connectivity index (χ4n) is 3.35. The maximum atomic E-state index is 13.4. The molecule has 0 aromatic heterocycles. The first-order valence-electron chi connectivity index (χ1n) is 10.6. The highest BCUT2D eigenvalue weighted by molar-refractivity contribution is 7.89. The fraction of sp³-hybridized carbons (Fsp3) is 0.231. The Morgan fingerprint density at radius 2 is 1.45 bits per heavy atom. The largest absolute Gasteiger partial charge is 0.460 e. The Balaban J connectivity index is 1.81. The average molecular weight is 466 g/mol. The molecule has 6 nitrogen and oxygen atoms in total. The van der Waals surface area contributed by atoms with E-state index in [0.29, 0.717) is 5.56 Å². The van der Waals surface area contributed by atoms with Gasteiger partial charge < -0.3 is 4.74 Å². The summed E-state index contributed by atoms with van der Waals surface area (Å²) in [5, 5.41) is 0. The van der Waals surface area contributed by atoms with Gasteiger partial charge in [-0.3, -0.25) is 9.59 Å². The number of benzene rings is 3. The molecule has 33 heavy (non-hydrogen) atoms. The number of ketones is 1. The molecular weight excluding hydrogens is 438 g/mol. The zero-order valence-corrected chi connectivity index (χ0v) is 19.5. The van der Waals surface area contributed by atoms with Gasteiger partial charge in [0.15, 0.2) is 5.78 Å². The number of nitrogens with zero attached hydrogens (tertiary/aromatic N) is 1. The number of rotatable bonds is 10. The third-order valence-corrected chi connectivity index (χ3v) is 7.20. The lowest BCUT2D eigenvalue weighted by molar-refractivity contribution is -0.145. The summed E-state index contributed by atoms with van der Waals surface area (Å²) < 4.78 is 33.2. The highest BCUT2D eigenvalue weighted by Gasteiger charge is 2.32. The molecule has 3 rings (SSSR count). The van der Waals surface area contributed by atoms with Gasteiger partial charge in [-0.15, -0.1) is 0 Å². The molecule has 0 heterocycles. The number of sulfonamides is 1. The van der Waals surface area contributed by atoms with Crippen molar-refractivity contribution in [1.29, 1.82) is 0 Å². The molecule has 0 amide bonds. The van der Waals surface area contributed by atoms with Crippen molar-refractivity contribution >= 4 is 21.8 Å². The SMILES string of the molecule is Cc1ccc(S(=O)(=O)N(CC(=O)OCc2ccccc2)C(C)CC(=O)c2ccccc2)cc1. The van der Waals surface area contributed by atoms with E-state index >= 15 is 0 Å². The van der Waals surface area contributed by atoms with Gasteiger partial charge in [0.25, 0.3) is 0 Å². The summed E-state index contributed by atoms with van der Waals surface area (Å²) in [4.78, 5) is 25.4. The van der Waals surface area contributed by atoms with Crippen molar-refractivity contribution in [3.05, 3.63) is 102 Å². The number of aryl methyl sites for hydroxylation is 1. The minimum Gasteiger partial charge on any atom is -0.460 e. The summed E-state index contributed by atoms with van der Waals surface area (Å²) in [5.41, 5.74) is 2.20. The summed E-state index contributed by atoms with van der Waals surface area (Å²) in [6.45, 7) is 3.02. The van der Waals surface area contributed by atoms with Gasteiger partial charge in [0.1, 0.15) is 13.2 Å². The topological polar surface area (TPSA) is 80.8 Å². The Bertz CT molecular complexity index is 1180. The average Bonchev–Trinajstić information content (AvgIpc) is 2.82. The van der Waals surface area contributed by atoms with Crippen LogP contribution in [0.1, 0.15) is 34.8 Å². The zero-order chi connectivity index (χ0) is 23.8. The van der Waals surface area contributed by atoms with Crippen molar-refractivity contribution < 1.29 is 22.7 Å². The second-order valence-corrected chi connectivity index (χ2v) is 9.74. The van der Waals surface area contributed by atoms with Crippen LogP contribution in [0.4, 0.5) is 0 Å². The Morgan fingerprint density at radius 3 is 2.06 bits per heavy atom. The van der Waals surface area contributed by atoms with Crippen molar-refractivity contribution in [2.75, 3.05) is 6.54 Å². The lowest BCUT2D eigenvalue weighted by atomic mass is 10.0. The van der Waals surface area contributed by atoms with E-state index < -0.39 is 28.6 Å². The van der Waals surface area contributed by atoms with Crippen molar-refractivity contribution in [2.45, 2.75) is 37.8 Å². The van der Waals surface area contributed by atoms with Crippen LogP contribution in [0.5, 0.6) is 0 Å². The van der Waals surface area contributed by atoms with Crippen LogP contribution in [0.25, 0.3) is 0 Å². The van der Waals surface area contributed by atoms with E-state index in [9.17, 15) is 18.0 Å². The van der Waals surface area contributed by atoms with Gasteiger partial charge in [-0.25, -0.2) is 8.42 Å². The van der Waals surface area contributed by atoms with Gasteiger partial charge in [0.05, 0.1) is 4.90 Å². The number of Topliss-reactive ketones (excluding diaryl/α,β-unsaturated/α-hetero) is 1. The molecule has 1 atom stereocenters. The summed E-state index contributed by atoms with van der Waals surface area (Å²) in [6, 6.07) is 23.4. The smallest absolute Gasteiger partial charge is 0.321 e. The molecular formula is C26H27NO5S. The van der Waals surface area contributed by atoms with Gasteiger partial charge in [0.2, 0.25) is 10.0 Å². The second kappa shape index (κ2) is 11.0. The minimum absolute atomic E-state index is 0.0371. The summed E-state index contributed by atoms with van der Waals surface area (Å²) in [6.07, 6.45) is -0.0684. The van der Waals surface area contributed by atoms with Crippen molar-refractivity contribution in [3.8, 4) is 0 Å². The van der Waals surface area contributed by atoms with Gasteiger partial charge in [-0.05, 0) is 31.5 Å². The van der Waals surface area contributed by atoms with Crippen LogP contribution in [-0.4, -0.2) is 37.1 Å². The molecule has 0 saturated carbocycles. The molecule has 0 N–H and O–H groups in total. The molecule has 0 saturated heterocycles. The number of carbonyl (C=O) groups excluding carboxylic acids is 2. The normalized spacial score (nSPS) is 12.3. The molecule has 3 aromatic carbocycles. The van der Waals surface area contributed by atoms with Gasteiger partial charge >= 0.3 is 5.97 Å². The Morgan fingerprint density at radius 1 is 0.879 bits per heavy atom. The van der Waals surface area contributed by atoms with Crippen molar-refractivity contribution in [3.63, 3.8) is 0 Å². The van der Waals surface area contributed by atoms with Gasteiger partial charge in [-0.1, -0.05) is 78.4 Å². The summed E-state index contributed by atoms with van der Waals surface area (Å²) in [7, 11) is -4.04. The van der Waals surface area contributed by atoms with Crippen LogP contribution in [0.2, 0.25) is 0 Å². The van der Waals surface area contributed by atoms with Crippen molar-refractivity contribution in [2.24, 2.45) is 0 Å². The highest BCUT2D eigenvalue weighted by atomic mass is 32.2. The first-order valence-corrected chi connectivity index (χ1v) is 12.1. The molecule has 172 valence electrons. The van der Waals surface area contributed by atoms with E-state index in [1.807, 2.05) is 37.3 Å². The van der Waals surface area contributed by atoms with Gasteiger partial charge in [-0.2, -0.15) is 4.31 Å². The molecule has 0 aliphatic carbocycles. The lowest BCUT2D eigenvalue weighted by Gasteiger charge is -2.27. The first kappa shape index (κ1) is 24.4. The Kier molecular flexibility index (Phi) is 8.14. The highest BCUT2D eigenvalue weighted by Crippen LogP contribution is 2.21. The predicted molar refractivity (Wildman–Crippen MR) is 126 cm³/mol. The maximum absolute atomic E-state index is 13.4. The number of carbonyl (C=O) groups is 2. The van der Waals surface area contributed by atoms with Crippen LogP contribution >= 0.6 is 0 Å². The van der Waals surface area contributed by atoms with E-state index in [0.717, 1.165) is 15.4 Å². The Labute approximate surface area is 194 Å². The first-order chi connectivity index (χ1) is 15.8. The zero-order valence-electron chi connectivity index (χ0n) is 18.7. The van der Waals surface area contributed by atoms with E-state index in [4.69, 9.17) is 4.74 Å². The molecule has 0 spiro atoms. The molecule has 0 aliphatic rings. The molecule has 0 bridgehead atoms. The van der Waals surface area contributed by atoms with Crippen LogP contribution in [-0.2, 0) is 26.2 Å². The third-order valence-electron chi connectivity index (χ3n) is 5.22. The van der Waals surface area contributed by atoms with E-state index in [1.54, 1.807) is 49.4 Å². The molecule has 3 aromatic rings. The summed E-state index contributed by atoms with van der Waals surface area (Å²) in [5.74, 6) is -0.890. The molecule has 0 radical (unpaired) electrons. The second-order valence-electron chi connectivity index (χ2n) is 7.85. The molecule has 1 unspecified atom stereocenters. The fourth-order valence-corrected chi connectivity index (χ4v) is 4.92. The van der Waals surface area contributed by atoms with E-state index in [2.05, 4.69) is 0 Å². The van der Waals surface area contributed by atoms with Gasteiger partial charge in [0, 0.05) is 18.0 Å². The van der Waals surface area contributed by atoms with E-state index in [1.165, 1.54) is 12.1 Å². The Hall–Kier alpha value is -3.29. The monoisotopic (exact) mass is 465 g/mol. The van der Waals surface area contributed by atoms with Crippen LogP contribution in [0, 0.1) is 6.92 Å². The lowest BCUT2D eigenvalue weighted by Crippen LogP contribution is -2.43. The molecule has 0 fully saturated rings. The van der Waals surface area contributed by atoms with Crippen LogP contribution in [0.3, 0.4) is 0 Å². The standard InChI is InChI=1S/C26H27NO5S/c1-20-13-15-24(16-14-20)33(30,31)27(18-26(29)32-19-22-9-5-3-6-10-22)21(2)17-25(28)23-11-7-4-8-12-23/h3-16,21H,17-19H2,1-2H3. The molecule has 7 heteroatoms. The maximum Gasteiger partial charge on any atom is 0.321 e. The van der Waals surface area contributed by atoms with Crippen LogP contribution < -0.4 is 0 Å². The number of hydrogen-bond donors (Lipinski definition) is 0. The van der Waals surface area contributed by atoms with Crippen LogP contribution in [0.15, 0.2) is 89.8 Å². The summed E-state index contributed by atoms with van der Waals surface area (Å²) >= 11 is 0.